The first kappa shape index (κ1) is 14.2. The van der Waals surface area contributed by atoms with E-state index in [-0.39, 0.29) is 0 Å². The lowest BCUT2D eigenvalue weighted by atomic mass is 10.1. The van der Waals surface area contributed by atoms with Crippen LogP contribution in [-0.2, 0) is 6.42 Å². The summed E-state index contributed by atoms with van der Waals surface area (Å²) in [6, 6.07) is 5.90. The Bertz CT molecular complexity index is 331. The van der Waals surface area contributed by atoms with Gasteiger partial charge in [0.1, 0.15) is 11.5 Å². The van der Waals surface area contributed by atoms with Gasteiger partial charge in [-0.15, -0.1) is 0 Å². The molecule has 0 amide bonds. The minimum Gasteiger partial charge on any atom is -0.497 e. The minimum absolute atomic E-state index is 0.632. The van der Waals surface area contributed by atoms with Gasteiger partial charge in [0.2, 0.25) is 0 Å². The van der Waals surface area contributed by atoms with Gasteiger partial charge in [0, 0.05) is 6.07 Å². The van der Waals surface area contributed by atoms with Crippen LogP contribution in [-0.4, -0.2) is 32.3 Å². The fourth-order valence-electron chi connectivity index (χ4n) is 1.54. The van der Waals surface area contributed by atoms with Gasteiger partial charge in [-0.1, -0.05) is 6.07 Å². The lowest BCUT2D eigenvalue weighted by Gasteiger charge is -2.12. The van der Waals surface area contributed by atoms with Crippen molar-refractivity contribution < 1.29 is 9.47 Å². The molecule has 0 bridgehead atoms. The molecule has 0 radical (unpaired) electrons. The Balaban J connectivity index is 2.64. The van der Waals surface area contributed by atoms with E-state index in [0.717, 1.165) is 42.3 Å². The van der Waals surface area contributed by atoms with Crippen LogP contribution in [0, 0.1) is 0 Å². The van der Waals surface area contributed by atoms with Crippen molar-refractivity contribution in [2.45, 2.75) is 12.8 Å². The maximum atomic E-state index is 5.79. The zero-order valence-electron chi connectivity index (χ0n) is 10.6. The Morgan fingerprint density at radius 2 is 2.18 bits per heavy atom. The van der Waals surface area contributed by atoms with Crippen molar-refractivity contribution in [1.29, 1.82) is 0 Å². The van der Waals surface area contributed by atoms with E-state index < -0.39 is 0 Å². The summed E-state index contributed by atoms with van der Waals surface area (Å²) in [6.45, 7) is 1.37. The van der Waals surface area contributed by atoms with Gasteiger partial charge in [-0.3, -0.25) is 0 Å². The normalized spacial score (nSPS) is 10.3. The molecule has 0 heterocycles. The molecular formula is C13H21NO2S. The first-order chi connectivity index (χ1) is 8.31. The van der Waals surface area contributed by atoms with Gasteiger partial charge in [0.25, 0.3) is 0 Å². The number of thioether (sulfide) groups is 1. The summed E-state index contributed by atoms with van der Waals surface area (Å²) in [7, 11) is 1.66. The van der Waals surface area contributed by atoms with Gasteiger partial charge >= 0.3 is 0 Å². The molecule has 1 rings (SSSR count). The third-order valence-electron chi connectivity index (χ3n) is 2.44. The van der Waals surface area contributed by atoms with Crippen LogP contribution in [0.3, 0.4) is 0 Å². The second-order valence-corrected chi connectivity index (χ2v) is 4.69. The fourth-order valence-corrected chi connectivity index (χ4v) is 1.95. The topological polar surface area (TPSA) is 44.5 Å². The highest BCUT2D eigenvalue weighted by Gasteiger charge is 2.05. The molecule has 4 heteroatoms. The van der Waals surface area contributed by atoms with E-state index in [1.165, 1.54) is 0 Å². The fraction of sp³-hybridized carbons (Fsp3) is 0.538. The highest BCUT2D eigenvalue weighted by atomic mass is 32.2. The standard InChI is InChI=1S/C13H21NO2S/c1-15-12-5-4-11(6-7-14)13(10-12)16-8-3-9-17-2/h4-5,10H,3,6-9,14H2,1-2H3. The molecule has 1 aromatic carbocycles. The van der Waals surface area contributed by atoms with Crippen molar-refractivity contribution in [3.8, 4) is 11.5 Å². The minimum atomic E-state index is 0.632. The molecule has 0 saturated heterocycles. The third-order valence-corrected chi connectivity index (χ3v) is 3.14. The molecule has 0 unspecified atom stereocenters. The van der Waals surface area contributed by atoms with Gasteiger partial charge in [-0.05, 0) is 43.0 Å². The molecule has 0 fully saturated rings. The molecular weight excluding hydrogens is 234 g/mol. The second-order valence-electron chi connectivity index (χ2n) is 3.71. The SMILES string of the molecule is COc1ccc(CCN)c(OCCCSC)c1. The molecule has 0 spiro atoms. The van der Waals surface area contributed by atoms with Crippen LogP contribution in [0.1, 0.15) is 12.0 Å². The third kappa shape index (κ3) is 4.88. The molecule has 1 aromatic rings. The largest absolute Gasteiger partial charge is 0.497 e. The van der Waals surface area contributed by atoms with Gasteiger partial charge in [-0.2, -0.15) is 11.8 Å². The summed E-state index contributed by atoms with van der Waals surface area (Å²) < 4.78 is 11.0. The molecule has 96 valence electrons. The molecule has 0 aliphatic rings. The van der Waals surface area contributed by atoms with Crippen LogP contribution in [0.4, 0.5) is 0 Å². The van der Waals surface area contributed by atoms with Crippen LogP contribution in [0.25, 0.3) is 0 Å². The van der Waals surface area contributed by atoms with Gasteiger partial charge in [0.05, 0.1) is 13.7 Å². The number of methoxy groups -OCH3 is 1. The predicted molar refractivity (Wildman–Crippen MR) is 74.2 cm³/mol. The molecule has 17 heavy (non-hydrogen) atoms. The Hall–Kier alpha value is -0.870. The average molecular weight is 255 g/mol. The van der Waals surface area contributed by atoms with Crippen molar-refractivity contribution in [2.75, 3.05) is 32.3 Å². The summed E-state index contributed by atoms with van der Waals surface area (Å²) in [4.78, 5) is 0. The number of nitrogens with two attached hydrogens (primary N) is 1. The molecule has 2 N–H and O–H groups in total. The maximum Gasteiger partial charge on any atom is 0.126 e. The van der Waals surface area contributed by atoms with Crippen LogP contribution < -0.4 is 15.2 Å². The Kier molecular flexibility index (Phi) is 6.89. The number of ether oxygens (including phenoxy) is 2. The van der Waals surface area contributed by atoms with Gasteiger partial charge in [0.15, 0.2) is 0 Å². The van der Waals surface area contributed by atoms with Crippen molar-refractivity contribution in [3.05, 3.63) is 23.8 Å². The first-order valence-electron chi connectivity index (χ1n) is 5.80. The van der Waals surface area contributed by atoms with Crippen LogP contribution in [0.15, 0.2) is 18.2 Å². The van der Waals surface area contributed by atoms with Crippen LogP contribution in [0.2, 0.25) is 0 Å². The molecule has 0 aliphatic heterocycles. The summed E-state index contributed by atoms with van der Waals surface area (Å²) in [6.07, 6.45) is 3.99. The van der Waals surface area contributed by atoms with Crippen LogP contribution in [0.5, 0.6) is 11.5 Å². The molecule has 0 aromatic heterocycles. The zero-order chi connectivity index (χ0) is 12.5. The van der Waals surface area contributed by atoms with Gasteiger partial charge in [-0.25, -0.2) is 0 Å². The highest BCUT2D eigenvalue weighted by molar-refractivity contribution is 7.98. The summed E-state index contributed by atoms with van der Waals surface area (Å²) >= 11 is 1.83. The number of benzene rings is 1. The molecule has 0 aliphatic carbocycles. The Morgan fingerprint density at radius 3 is 2.82 bits per heavy atom. The quantitative estimate of drug-likeness (QED) is 0.724. The number of hydrogen-bond acceptors (Lipinski definition) is 4. The highest BCUT2D eigenvalue weighted by Crippen LogP contribution is 2.25. The van der Waals surface area contributed by atoms with E-state index in [1.807, 2.05) is 30.0 Å². The van der Waals surface area contributed by atoms with E-state index in [0.29, 0.717) is 6.54 Å². The van der Waals surface area contributed by atoms with Crippen molar-refractivity contribution in [2.24, 2.45) is 5.73 Å². The second kappa shape index (κ2) is 8.25. The average Bonchev–Trinajstić information content (AvgIpc) is 2.36. The summed E-state index contributed by atoms with van der Waals surface area (Å²) in [5.41, 5.74) is 6.74. The van der Waals surface area contributed by atoms with E-state index in [4.69, 9.17) is 15.2 Å². The maximum absolute atomic E-state index is 5.79. The monoisotopic (exact) mass is 255 g/mol. The van der Waals surface area contributed by atoms with Gasteiger partial charge < -0.3 is 15.2 Å². The van der Waals surface area contributed by atoms with Crippen LogP contribution >= 0.6 is 11.8 Å². The predicted octanol–water partition coefficient (Wildman–Crippen LogP) is 2.33. The lowest BCUT2D eigenvalue weighted by Crippen LogP contribution is -2.06. The Morgan fingerprint density at radius 1 is 1.35 bits per heavy atom. The molecule has 0 saturated carbocycles. The van der Waals surface area contributed by atoms with E-state index in [9.17, 15) is 0 Å². The zero-order valence-corrected chi connectivity index (χ0v) is 11.4. The van der Waals surface area contributed by atoms with E-state index in [1.54, 1.807) is 7.11 Å². The summed E-state index contributed by atoms with van der Waals surface area (Å²) in [5.74, 6) is 2.84. The Labute approximate surface area is 108 Å². The van der Waals surface area contributed by atoms with Crippen molar-refractivity contribution in [3.63, 3.8) is 0 Å². The van der Waals surface area contributed by atoms with E-state index >= 15 is 0 Å². The smallest absolute Gasteiger partial charge is 0.126 e. The van der Waals surface area contributed by atoms with Crippen molar-refractivity contribution in [1.82, 2.24) is 0 Å². The lowest BCUT2D eigenvalue weighted by molar-refractivity contribution is 0.312. The van der Waals surface area contributed by atoms with Crippen molar-refractivity contribution >= 4 is 11.8 Å². The molecule has 0 atom stereocenters. The van der Waals surface area contributed by atoms with E-state index in [2.05, 4.69) is 6.26 Å². The number of rotatable bonds is 8. The molecule has 3 nitrogen and oxygen atoms in total. The number of hydrogen-bond donors (Lipinski definition) is 1. The summed E-state index contributed by atoms with van der Waals surface area (Å²) in [5, 5.41) is 0. The first-order valence-corrected chi connectivity index (χ1v) is 7.20.